The summed E-state index contributed by atoms with van der Waals surface area (Å²) in [6, 6.07) is 0.443. The third-order valence-electron chi connectivity index (χ3n) is 6.03. The van der Waals surface area contributed by atoms with Gasteiger partial charge >= 0.3 is 0 Å². The molecule has 4 rings (SSSR count). The molecule has 11 heteroatoms. The fourth-order valence-electron chi connectivity index (χ4n) is 4.22. The summed E-state index contributed by atoms with van der Waals surface area (Å²) in [5.41, 5.74) is 9.22. The summed E-state index contributed by atoms with van der Waals surface area (Å²) in [4.78, 5) is 15.1. The number of carbonyl (C=O) groups excluding carboxylic acids is 1. The van der Waals surface area contributed by atoms with Gasteiger partial charge in [0, 0.05) is 18.8 Å². The molecule has 2 aromatic heterocycles. The average molecular weight is 428 g/mol. The SMILES string of the molecule is CN(Cc1c(C(=O)N/N=C\[C@H]2CC=CCC2)nnn1-c1nonc1N)C1CCCCC1. The van der Waals surface area contributed by atoms with Crippen LogP contribution in [0.3, 0.4) is 0 Å². The van der Waals surface area contributed by atoms with Crippen molar-refractivity contribution < 1.29 is 9.42 Å². The zero-order valence-corrected chi connectivity index (χ0v) is 17.8. The Bertz CT molecular complexity index is 942. The van der Waals surface area contributed by atoms with E-state index >= 15 is 0 Å². The predicted molar refractivity (Wildman–Crippen MR) is 114 cm³/mol. The fraction of sp³-hybridized carbons (Fsp3) is 0.600. The van der Waals surface area contributed by atoms with Gasteiger partial charge in [-0.1, -0.05) is 36.6 Å². The lowest BCUT2D eigenvalue weighted by Gasteiger charge is -2.31. The molecule has 1 fully saturated rings. The summed E-state index contributed by atoms with van der Waals surface area (Å²) in [6.07, 6.45) is 15.1. The number of nitrogens with zero attached hydrogens (tertiary/aromatic N) is 7. The Labute approximate surface area is 180 Å². The molecular formula is C20H29N9O2. The molecule has 0 radical (unpaired) electrons. The van der Waals surface area contributed by atoms with Crippen molar-refractivity contribution in [3.63, 3.8) is 0 Å². The first-order valence-electron chi connectivity index (χ1n) is 10.8. The number of carbonyl (C=O) groups is 1. The van der Waals surface area contributed by atoms with Gasteiger partial charge in [0.25, 0.3) is 5.91 Å². The van der Waals surface area contributed by atoms with Gasteiger partial charge in [-0.05, 0) is 55.4 Å². The van der Waals surface area contributed by atoms with Gasteiger partial charge in [0.05, 0.1) is 5.69 Å². The largest absolute Gasteiger partial charge is 0.378 e. The van der Waals surface area contributed by atoms with Crippen LogP contribution >= 0.6 is 0 Å². The van der Waals surface area contributed by atoms with E-state index in [2.05, 4.69) is 48.2 Å². The van der Waals surface area contributed by atoms with Crippen LogP contribution in [0.25, 0.3) is 5.82 Å². The number of nitrogens with one attached hydrogen (secondary N) is 1. The first-order valence-corrected chi connectivity index (χ1v) is 10.8. The molecule has 1 atom stereocenters. The molecular weight excluding hydrogens is 398 g/mol. The second kappa shape index (κ2) is 9.82. The first-order chi connectivity index (χ1) is 15.1. The molecule has 0 aromatic carbocycles. The first kappa shape index (κ1) is 21.2. The number of nitrogen functional groups attached to an aromatic ring is 1. The highest BCUT2D eigenvalue weighted by molar-refractivity contribution is 5.93. The minimum Gasteiger partial charge on any atom is -0.378 e. The quantitative estimate of drug-likeness (QED) is 0.389. The van der Waals surface area contributed by atoms with Crippen LogP contribution in [0.1, 0.15) is 67.5 Å². The maximum atomic E-state index is 12.9. The van der Waals surface area contributed by atoms with Crippen molar-refractivity contribution in [1.82, 2.24) is 35.6 Å². The monoisotopic (exact) mass is 427 g/mol. The van der Waals surface area contributed by atoms with E-state index in [1.807, 2.05) is 7.05 Å². The van der Waals surface area contributed by atoms with E-state index in [-0.39, 0.29) is 17.3 Å². The summed E-state index contributed by atoms with van der Waals surface area (Å²) >= 11 is 0. The summed E-state index contributed by atoms with van der Waals surface area (Å²) in [7, 11) is 2.05. The molecule has 3 N–H and O–H groups in total. The third kappa shape index (κ3) is 4.98. The Hall–Kier alpha value is -3.08. The smallest absolute Gasteiger partial charge is 0.293 e. The van der Waals surface area contributed by atoms with Crippen molar-refractivity contribution in [1.29, 1.82) is 0 Å². The topological polar surface area (TPSA) is 140 Å². The van der Waals surface area contributed by atoms with Crippen LogP contribution < -0.4 is 11.2 Å². The molecule has 0 aliphatic heterocycles. The number of hydrazone groups is 1. The van der Waals surface area contributed by atoms with Gasteiger partial charge in [-0.3, -0.25) is 9.69 Å². The summed E-state index contributed by atoms with van der Waals surface area (Å²) in [6.45, 7) is 0.462. The Kier molecular flexibility index (Phi) is 6.70. The number of hydrogen-bond acceptors (Lipinski definition) is 9. The molecule has 1 saturated carbocycles. The molecule has 0 unspecified atom stereocenters. The molecule has 31 heavy (non-hydrogen) atoms. The molecule has 0 spiro atoms. The highest BCUT2D eigenvalue weighted by Crippen LogP contribution is 2.24. The maximum absolute atomic E-state index is 12.9. The normalized spacial score (nSPS) is 20.0. The summed E-state index contributed by atoms with van der Waals surface area (Å²) in [5, 5.41) is 19.8. The van der Waals surface area contributed by atoms with E-state index in [1.165, 1.54) is 23.9 Å². The van der Waals surface area contributed by atoms with E-state index in [4.69, 9.17) is 10.4 Å². The zero-order chi connectivity index (χ0) is 21.6. The number of hydrogen-bond donors (Lipinski definition) is 2. The van der Waals surface area contributed by atoms with E-state index in [0.717, 1.165) is 32.1 Å². The second-order valence-electron chi connectivity index (χ2n) is 8.24. The molecule has 2 heterocycles. The molecule has 0 saturated heterocycles. The number of anilines is 1. The zero-order valence-electron chi connectivity index (χ0n) is 17.8. The lowest BCUT2D eigenvalue weighted by atomic mass is 9.94. The highest BCUT2D eigenvalue weighted by atomic mass is 16.6. The Morgan fingerprint density at radius 2 is 2.16 bits per heavy atom. The van der Waals surface area contributed by atoms with Crippen molar-refractivity contribution in [3.8, 4) is 5.82 Å². The predicted octanol–water partition coefficient (Wildman–Crippen LogP) is 2.07. The van der Waals surface area contributed by atoms with Crippen molar-refractivity contribution in [2.45, 2.75) is 64.0 Å². The fourth-order valence-corrected chi connectivity index (χ4v) is 4.22. The minimum absolute atomic E-state index is 0.0850. The Morgan fingerprint density at radius 1 is 1.32 bits per heavy atom. The van der Waals surface area contributed by atoms with E-state index in [1.54, 1.807) is 6.21 Å². The summed E-state index contributed by atoms with van der Waals surface area (Å²) in [5.74, 6) is 0.215. The van der Waals surface area contributed by atoms with Gasteiger partial charge in [-0.25, -0.2) is 10.1 Å². The third-order valence-corrected chi connectivity index (χ3v) is 6.03. The van der Waals surface area contributed by atoms with Crippen LogP contribution in [0, 0.1) is 5.92 Å². The van der Waals surface area contributed by atoms with Crippen LogP contribution in [0.2, 0.25) is 0 Å². The highest BCUT2D eigenvalue weighted by Gasteiger charge is 2.27. The molecule has 2 aliphatic rings. The number of nitrogens with two attached hydrogens (primary N) is 1. The molecule has 2 aromatic rings. The maximum Gasteiger partial charge on any atom is 0.293 e. The standard InChI is InChI=1S/C20H29N9O2/c1-28(15-10-6-3-7-11-15)13-16-17(23-27-29(16)19-18(21)25-31-26-19)20(30)24-22-12-14-8-4-2-5-9-14/h2,4,12,14-15H,3,5-11,13H2,1H3,(H2,21,25)(H,24,30)/b22-12-/t14-/m0/s1. The summed E-state index contributed by atoms with van der Waals surface area (Å²) < 4.78 is 6.15. The van der Waals surface area contributed by atoms with E-state index in [0.29, 0.717) is 24.2 Å². The Balaban J connectivity index is 1.54. The van der Waals surface area contributed by atoms with E-state index < -0.39 is 5.91 Å². The number of aromatic nitrogens is 5. The molecule has 0 bridgehead atoms. The molecule has 166 valence electrons. The molecule has 11 nitrogen and oxygen atoms in total. The van der Waals surface area contributed by atoms with Crippen LogP contribution in [0.4, 0.5) is 5.82 Å². The molecule has 2 aliphatic carbocycles. The number of allylic oxidation sites excluding steroid dienone is 2. The van der Waals surface area contributed by atoms with Crippen molar-refractivity contribution in [2.24, 2.45) is 11.0 Å². The van der Waals surface area contributed by atoms with Crippen molar-refractivity contribution in [3.05, 3.63) is 23.5 Å². The van der Waals surface area contributed by atoms with Crippen molar-refractivity contribution >= 4 is 17.9 Å². The lowest BCUT2D eigenvalue weighted by molar-refractivity contribution is 0.0946. The van der Waals surface area contributed by atoms with Gasteiger partial charge in [0.2, 0.25) is 11.6 Å². The van der Waals surface area contributed by atoms with Crippen molar-refractivity contribution in [2.75, 3.05) is 12.8 Å². The van der Waals surface area contributed by atoms with Crippen LogP contribution in [-0.2, 0) is 6.54 Å². The van der Waals surface area contributed by atoms with Gasteiger partial charge in [0.1, 0.15) is 0 Å². The van der Waals surface area contributed by atoms with E-state index in [9.17, 15) is 4.79 Å². The van der Waals surface area contributed by atoms with Crippen LogP contribution in [-0.4, -0.2) is 55.4 Å². The van der Waals surface area contributed by atoms with Gasteiger partial charge in [-0.2, -0.15) is 9.78 Å². The average Bonchev–Trinajstić information content (AvgIpc) is 3.40. The minimum atomic E-state index is -0.420. The molecule has 1 amide bonds. The number of amides is 1. The number of rotatable bonds is 7. The van der Waals surface area contributed by atoms with Gasteiger partial charge in [0.15, 0.2) is 5.69 Å². The van der Waals surface area contributed by atoms with Gasteiger partial charge < -0.3 is 5.73 Å². The van der Waals surface area contributed by atoms with Gasteiger partial charge in [-0.15, -0.1) is 5.10 Å². The second-order valence-corrected chi connectivity index (χ2v) is 8.24. The van der Waals surface area contributed by atoms with Crippen LogP contribution in [0.5, 0.6) is 0 Å². The lowest BCUT2D eigenvalue weighted by Crippen LogP contribution is -2.34. The van der Waals surface area contributed by atoms with Crippen LogP contribution in [0.15, 0.2) is 21.9 Å². The Morgan fingerprint density at radius 3 is 2.87 bits per heavy atom.